The first-order chi connectivity index (χ1) is 9.78. The first-order valence-corrected chi connectivity index (χ1v) is 8.27. The fourth-order valence-electron chi connectivity index (χ4n) is 2.94. The summed E-state index contributed by atoms with van der Waals surface area (Å²) in [4.78, 5) is 0. The molecule has 1 aromatic rings. The Morgan fingerprint density at radius 1 is 1.15 bits per heavy atom. The fourth-order valence-corrected chi connectivity index (χ4v) is 2.94. The van der Waals surface area contributed by atoms with E-state index in [1.54, 1.807) is 0 Å². The second kappa shape index (κ2) is 8.31. The van der Waals surface area contributed by atoms with Gasteiger partial charge in [-0.2, -0.15) is 0 Å². The van der Waals surface area contributed by atoms with Gasteiger partial charge in [0.15, 0.2) is 0 Å². The molecule has 0 amide bonds. The summed E-state index contributed by atoms with van der Waals surface area (Å²) < 4.78 is 5.98. The van der Waals surface area contributed by atoms with E-state index in [1.807, 2.05) is 0 Å². The summed E-state index contributed by atoms with van der Waals surface area (Å²) in [6, 6.07) is 9.27. The monoisotopic (exact) mass is 275 g/mol. The lowest BCUT2D eigenvalue weighted by Gasteiger charge is -2.25. The molecular formula is C18H29NO. The van der Waals surface area contributed by atoms with Crippen LogP contribution in [0.1, 0.15) is 57.9 Å². The maximum atomic E-state index is 5.98. The molecule has 0 saturated heterocycles. The molecule has 0 bridgehead atoms. The van der Waals surface area contributed by atoms with Crippen molar-refractivity contribution in [2.45, 2.75) is 70.9 Å². The minimum absolute atomic E-state index is 0.231. The third-order valence-corrected chi connectivity index (χ3v) is 4.10. The first-order valence-electron chi connectivity index (χ1n) is 8.27. The van der Waals surface area contributed by atoms with Gasteiger partial charge in [0.1, 0.15) is 11.9 Å². The quantitative estimate of drug-likeness (QED) is 0.799. The zero-order valence-corrected chi connectivity index (χ0v) is 13.0. The number of nitrogens with one attached hydrogen (secondary N) is 1. The van der Waals surface area contributed by atoms with Crippen molar-refractivity contribution in [1.29, 1.82) is 0 Å². The van der Waals surface area contributed by atoms with Gasteiger partial charge in [0.2, 0.25) is 0 Å². The van der Waals surface area contributed by atoms with E-state index in [0.29, 0.717) is 6.04 Å². The topological polar surface area (TPSA) is 21.3 Å². The summed E-state index contributed by atoms with van der Waals surface area (Å²) in [5.41, 5.74) is 1.40. The predicted octanol–water partition coefficient (Wildman–Crippen LogP) is 4.33. The Morgan fingerprint density at radius 3 is 2.50 bits per heavy atom. The Hall–Kier alpha value is -1.02. The highest BCUT2D eigenvalue weighted by Gasteiger charge is 2.14. The van der Waals surface area contributed by atoms with E-state index in [2.05, 4.69) is 43.4 Å². The zero-order valence-electron chi connectivity index (χ0n) is 13.0. The lowest BCUT2D eigenvalue weighted by Crippen LogP contribution is -2.37. The van der Waals surface area contributed by atoms with E-state index in [0.717, 1.165) is 18.7 Å². The molecule has 1 aliphatic carbocycles. The second-order valence-electron chi connectivity index (χ2n) is 6.07. The van der Waals surface area contributed by atoms with Gasteiger partial charge in [-0.15, -0.1) is 0 Å². The van der Waals surface area contributed by atoms with E-state index in [1.165, 1.54) is 44.1 Å². The second-order valence-corrected chi connectivity index (χ2v) is 6.07. The van der Waals surface area contributed by atoms with Crippen molar-refractivity contribution in [1.82, 2.24) is 5.32 Å². The van der Waals surface area contributed by atoms with Crippen molar-refractivity contribution >= 4 is 0 Å². The van der Waals surface area contributed by atoms with Crippen LogP contribution in [-0.2, 0) is 6.42 Å². The van der Waals surface area contributed by atoms with E-state index in [-0.39, 0.29) is 6.10 Å². The lowest BCUT2D eigenvalue weighted by atomic mass is 9.95. The first kappa shape index (κ1) is 15.4. The molecule has 1 aliphatic rings. The van der Waals surface area contributed by atoms with Crippen molar-refractivity contribution in [2.24, 2.45) is 0 Å². The van der Waals surface area contributed by atoms with E-state index >= 15 is 0 Å². The molecule has 0 heterocycles. The number of hydrogen-bond acceptors (Lipinski definition) is 2. The van der Waals surface area contributed by atoms with Gasteiger partial charge in [-0.05, 0) is 43.9 Å². The smallest absolute Gasteiger partial charge is 0.119 e. The van der Waals surface area contributed by atoms with Crippen molar-refractivity contribution in [3.63, 3.8) is 0 Å². The van der Waals surface area contributed by atoms with Crippen LogP contribution in [0.4, 0.5) is 0 Å². The predicted molar refractivity (Wildman–Crippen MR) is 85.4 cm³/mol. The highest BCUT2D eigenvalue weighted by Crippen LogP contribution is 2.18. The number of benzene rings is 1. The maximum absolute atomic E-state index is 5.98. The highest BCUT2D eigenvalue weighted by atomic mass is 16.5. The average Bonchev–Trinajstić information content (AvgIpc) is 2.49. The summed E-state index contributed by atoms with van der Waals surface area (Å²) >= 11 is 0. The SMILES string of the molecule is CCCc1ccc(OC(C)CNC2CCCCC2)cc1. The van der Waals surface area contributed by atoms with Gasteiger partial charge in [-0.25, -0.2) is 0 Å². The molecule has 1 aromatic carbocycles. The summed E-state index contributed by atoms with van der Waals surface area (Å²) in [7, 11) is 0. The zero-order chi connectivity index (χ0) is 14.2. The molecule has 2 nitrogen and oxygen atoms in total. The van der Waals surface area contributed by atoms with Crippen LogP contribution < -0.4 is 10.1 Å². The Bertz CT molecular complexity index is 368. The Balaban J connectivity index is 1.71. The van der Waals surface area contributed by atoms with Gasteiger partial charge < -0.3 is 10.1 Å². The van der Waals surface area contributed by atoms with Crippen LogP contribution in [-0.4, -0.2) is 18.7 Å². The molecule has 0 aliphatic heterocycles. The molecule has 1 atom stereocenters. The molecule has 112 valence electrons. The van der Waals surface area contributed by atoms with Crippen molar-refractivity contribution in [3.8, 4) is 5.75 Å². The highest BCUT2D eigenvalue weighted by molar-refractivity contribution is 5.27. The van der Waals surface area contributed by atoms with E-state index < -0.39 is 0 Å². The van der Waals surface area contributed by atoms with Gasteiger partial charge in [0.25, 0.3) is 0 Å². The minimum atomic E-state index is 0.231. The lowest BCUT2D eigenvalue weighted by molar-refractivity contribution is 0.205. The molecule has 1 fully saturated rings. The summed E-state index contributed by atoms with van der Waals surface area (Å²) in [6.45, 7) is 5.31. The van der Waals surface area contributed by atoms with Crippen molar-refractivity contribution in [2.75, 3.05) is 6.54 Å². The maximum Gasteiger partial charge on any atom is 0.119 e. The van der Waals surface area contributed by atoms with Crippen LogP contribution in [0.3, 0.4) is 0 Å². The third-order valence-electron chi connectivity index (χ3n) is 4.10. The summed E-state index contributed by atoms with van der Waals surface area (Å²) in [5.74, 6) is 0.989. The van der Waals surface area contributed by atoms with Gasteiger partial charge in [-0.3, -0.25) is 0 Å². The Morgan fingerprint density at radius 2 is 1.85 bits per heavy atom. The van der Waals surface area contributed by atoms with Crippen LogP contribution in [0.2, 0.25) is 0 Å². The summed E-state index contributed by atoms with van der Waals surface area (Å²) in [6.07, 6.45) is 9.41. The molecule has 20 heavy (non-hydrogen) atoms. The molecule has 1 unspecified atom stereocenters. The number of rotatable bonds is 7. The van der Waals surface area contributed by atoms with Crippen molar-refractivity contribution in [3.05, 3.63) is 29.8 Å². The molecule has 1 saturated carbocycles. The van der Waals surface area contributed by atoms with Gasteiger partial charge in [0.05, 0.1) is 0 Å². The van der Waals surface area contributed by atoms with Crippen LogP contribution >= 0.6 is 0 Å². The van der Waals surface area contributed by atoms with Crippen LogP contribution in [0.15, 0.2) is 24.3 Å². The van der Waals surface area contributed by atoms with Gasteiger partial charge >= 0.3 is 0 Å². The number of hydrogen-bond donors (Lipinski definition) is 1. The summed E-state index contributed by atoms with van der Waals surface area (Å²) in [5, 5.41) is 3.65. The largest absolute Gasteiger partial charge is 0.489 e. The number of aryl methyl sites for hydroxylation is 1. The standard InChI is InChI=1S/C18H29NO/c1-3-7-16-10-12-18(13-11-16)20-15(2)14-19-17-8-5-4-6-9-17/h10-13,15,17,19H,3-9,14H2,1-2H3. The van der Waals surface area contributed by atoms with Crippen LogP contribution in [0.25, 0.3) is 0 Å². The van der Waals surface area contributed by atoms with Crippen LogP contribution in [0, 0.1) is 0 Å². The fraction of sp³-hybridized carbons (Fsp3) is 0.667. The molecular weight excluding hydrogens is 246 g/mol. The number of ether oxygens (including phenoxy) is 1. The Kier molecular flexibility index (Phi) is 6.38. The molecule has 0 radical (unpaired) electrons. The molecule has 1 N–H and O–H groups in total. The van der Waals surface area contributed by atoms with E-state index in [4.69, 9.17) is 4.74 Å². The third kappa shape index (κ3) is 5.16. The van der Waals surface area contributed by atoms with Gasteiger partial charge in [0, 0.05) is 12.6 Å². The molecule has 0 spiro atoms. The normalized spacial score (nSPS) is 17.9. The minimum Gasteiger partial charge on any atom is -0.489 e. The molecule has 2 rings (SSSR count). The molecule has 2 heteroatoms. The van der Waals surface area contributed by atoms with E-state index in [9.17, 15) is 0 Å². The van der Waals surface area contributed by atoms with Crippen molar-refractivity contribution < 1.29 is 4.74 Å². The van der Waals surface area contributed by atoms with Gasteiger partial charge in [-0.1, -0.05) is 44.7 Å². The average molecular weight is 275 g/mol. The Labute approximate surface area is 123 Å². The molecule has 0 aromatic heterocycles. The van der Waals surface area contributed by atoms with Crippen LogP contribution in [0.5, 0.6) is 5.75 Å².